The summed E-state index contributed by atoms with van der Waals surface area (Å²) in [5.41, 5.74) is 2.49. The summed E-state index contributed by atoms with van der Waals surface area (Å²) >= 11 is 12.1. The van der Waals surface area contributed by atoms with Crippen molar-refractivity contribution in [2.75, 3.05) is 5.32 Å². The molecule has 3 rings (SSSR count). The number of benzene rings is 1. The van der Waals surface area contributed by atoms with Crippen molar-refractivity contribution in [2.24, 2.45) is 0 Å². The lowest BCUT2D eigenvalue weighted by Crippen LogP contribution is -2.16. The number of anilines is 1. The third kappa shape index (κ3) is 3.42. The summed E-state index contributed by atoms with van der Waals surface area (Å²) in [6.45, 7) is 3.81. The highest BCUT2D eigenvalue weighted by molar-refractivity contribution is 6.34. The fourth-order valence-electron chi connectivity index (χ4n) is 2.33. The molecule has 1 amide bonds. The van der Waals surface area contributed by atoms with Crippen LogP contribution in [0.2, 0.25) is 10.0 Å². The molecule has 2 aromatic heterocycles. The molecule has 1 N–H and O–H groups in total. The lowest BCUT2D eigenvalue weighted by molar-refractivity contribution is 0.102. The average Bonchev–Trinajstić information content (AvgIpc) is 2.86. The lowest BCUT2D eigenvalue weighted by Gasteiger charge is -2.09. The Morgan fingerprint density at radius 3 is 2.58 bits per heavy atom. The van der Waals surface area contributed by atoms with Gasteiger partial charge in [0.05, 0.1) is 10.7 Å². The smallest absolute Gasteiger partial charge is 0.275 e. The van der Waals surface area contributed by atoms with E-state index in [4.69, 9.17) is 23.2 Å². The average molecular weight is 361 g/mol. The van der Waals surface area contributed by atoms with Gasteiger partial charge in [0.25, 0.3) is 5.91 Å². The van der Waals surface area contributed by atoms with E-state index in [0.717, 1.165) is 11.4 Å². The summed E-state index contributed by atoms with van der Waals surface area (Å²) in [5.74, 6) is 0.117. The summed E-state index contributed by atoms with van der Waals surface area (Å²) in [4.78, 5) is 16.8. The van der Waals surface area contributed by atoms with E-state index in [1.54, 1.807) is 41.1 Å². The van der Waals surface area contributed by atoms with Crippen LogP contribution in [0, 0.1) is 13.8 Å². The van der Waals surface area contributed by atoms with Gasteiger partial charge in [0, 0.05) is 16.4 Å². The molecule has 5 nitrogen and oxygen atoms in total. The number of nitrogens with one attached hydrogen (secondary N) is 1. The van der Waals surface area contributed by atoms with E-state index in [2.05, 4.69) is 15.4 Å². The van der Waals surface area contributed by atoms with E-state index in [0.29, 0.717) is 16.5 Å². The van der Waals surface area contributed by atoms with Crippen LogP contribution in [0.15, 0.2) is 42.5 Å². The molecule has 0 aliphatic heterocycles. The Morgan fingerprint density at radius 1 is 1.12 bits per heavy atom. The molecule has 1 aromatic carbocycles. The quantitative estimate of drug-likeness (QED) is 0.750. The number of halogens is 2. The Kier molecular flexibility index (Phi) is 4.55. The number of nitrogens with zero attached hydrogens (tertiary/aromatic N) is 3. The topological polar surface area (TPSA) is 59.8 Å². The molecule has 0 unspecified atom stereocenters. The van der Waals surface area contributed by atoms with Crippen LogP contribution in [0.1, 0.15) is 21.9 Å². The first-order valence-electron chi connectivity index (χ1n) is 7.21. The summed E-state index contributed by atoms with van der Waals surface area (Å²) in [6.07, 6.45) is 0. The highest BCUT2D eigenvalue weighted by Gasteiger charge is 2.15. The van der Waals surface area contributed by atoms with Gasteiger partial charge in [-0.3, -0.25) is 4.79 Å². The molecule has 0 saturated heterocycles. The Labute approximate surface area is 149 Å². The van der Waals surface area contributed by atoms with Gasteiger partial charge in [-0.05, 0) is 50.2 Å². The number of rotatable bonds is 3. The number of aryl methyl sites for hydroxylation is 2. The maximum Gasteiger partial charge on any atom is 0.275 e. The van der Waals surface area contributed by atoms with E-state index < -0.39 is 5.91 Å². The van der Waals surface area contributed by atoms with Crippen molar-refractivity contribution in [2.45, 2.75) is 13.8 Å². The summed E-state index contributed by atoms with van der Waals surface area (Å²) in [5, 5.41) is 7.90. The van der Waals surface area contributed by atoms with Gasteiger partial charge in [0.1, 0.15) is 5.69 Å². The normalized spacial score (nSPS) is 10.7. The zero-order chi connectivity index (χ0) is 17.3. The van der Waals surface area contributed by atoms with Crippen LogP contribution in [-0.2, 0) is 0 Å². The van der Waals surface area contributed by atoms with Crippen molar-refractivity contribution in [1.82, 2.24) is 14.8 Å². The Hall–Kier alpha value is -2.37. The van der Waals surface area contributed by atoms with Gasteiger partial charge in [-0.1, -0.05) is 29.3 Å². The third-order valence-electron chi connectivity index (χ3n) is 3.36. The molecule has 0 fully saturated rings. The maximum atomic E-state index is 12.5. The van der Waals surface area contributed by atoms with Crippen molar-refractivity contribution in [3.63, 3.8) is 0 Å². The molecule has 0 saturated carbocycles. The van der Waals surface area contributed by atoms with E-state index in [9.17, 15) is 4.79 Å². The van der Waals surface area contributed by atoms with E-state index >= 15 is 0 Å². The predicted octanol–water partition coefficient (Wildman–Crippen LogP) is 4.44. The van der Waals surface area contributed by atoms with Gasteiger partial charge in [-0.2, -0.15) is 5.10 Å². The van der Waals surface area contributed by atoms with Crippen LogP contribution in [0.5, 0.6) is 0 Å². The summed E-state index contributed by atoms with van der Waals surface area (Å²) < 4.78 is 1.67. The Bertz CT molecular complexity index is 921. The standard InChI is InChI=1S/C17H14Cl2N4O/c1-10-8-11(2)23(22-10)15-7-6-14(19)16(21-15)17(24)20-13-5-3-4-12(18)9-13/h3-9H,1-2H3,(H,20,24). The fourth-order valence-corrected chi connectivity index (χ4v) is 2.71. The second-order valence-corrected chi connectivity index (χ2v) is 6.15. The number of hydrogen-bond donors (Lipinski definition) is 1. The Balaban J connectivity index is 1.94. The van der Waals surface area contributed by atoms with Gasteiger partial charge in [-0.25, -0.2) is 9.67 Å². The van der Waals surface area contributed by atoms with Gasteiger partial charge in [0.15, 0.2) is 5.82 Å². The van der Waals surface area contributed by atoms with Crippen LogP contribution in [-0.4, -0.2) is 20.7 Å². The summed E-state index contributed by atoms with van der Waals surface area (Å²) in [6, 6.07) is 12.2. The van der Waals surface area contributed by atoms with Crippen LogP contribution < -0.4 is 5.32 Å². The maximum absolute atomic E-state index is 12.5. The number of carbonyl (C=O) groups excluding carboxylic acids is 1. The van der Waals surface area contributed by atoms with Gasteiger partial charge in [0.2, 0.25) is 0 Å². The van der Waals surface area contributed by atoms with Crippen molar-refractivity contribution in [1.29, 1.82) is 0 Å². The van der Waals surface area contributed by atoms with Crippen LogP contribution in [0.3, 0.4) is 0 Å². The minimum atomic E-state index is -0.411. The first-order valence-corrected chi connectivity index (χ1v) is 7.97. The number of pyridine rings is 1. The largest absolute Gasteiger partial charge is 0.321 e. The molecule has 0 bridgehead atoms. The number of carbonyl (C=O) groups is 1. The Morgan fingerprint density at radius 2 is 1.92 bits per heavy atom. The molecule has 0 aliphatic rings. The molecular formula is C17H14Cl2N4O. The van der Waals surface area contributed by atoms with Gasteiger partial charge >= 0.3 is 0 Å². The highest BCUT2D eigenvalue weighted by Crippen LogP contribution is 2.20. The number of aromatic nitrogens is 3. The molecule has 0 spiro atoms. The van der Waals surface area contributed by atoms with E-state index in [1.165, 1.54) is 0 Å². The van der Waals surface area contributed by atoms with Gasteiger partial charge in [-0.15, -0.1) is 0 Å². The van der Waals surface area contributed by atoms with E-state index in [-0.39, 0.29) is 10.7 Å². The number of amides is 1. The molecule has 122 valence electrons. The summed E-state index contributed by atoms with van der Waals surface area (Å²) in [7, 11) is 0. The fraction of sp³-hybridized carbons (Fsp3) is 0.118. The first-order chi connectivity index (χ1) is 11.4. The zero-order valence-corrected chi connectivity index (χ0v) is 14.6. The number of hydrogen-bond acceptors (Lipinski definition) is 3. The minimum absolute atomic E-state index is 0.127. The van der Waals surface area contributed by atoms with Crippen LogP contribution >= 0.6 is 23.2 Å². The molecule has 3 aromatic rings. The predicted molar refractivity (Wildman–Crippen MR) is 95.2 cm³/mol. The molecule has 2 heterocycles. The van der Waals surface area contributed by atoms with Crippen molar-refractivity contribution in [3.8, 4) is 5.82 Å². The third-order valence-corrected chi connectivity index (χ3v) is 3.90. The van der Waals surface area contributed by atoms with Crippen molar-refractivity contribution < 1.29 is 4.79 Å². The van der Waals surface area contributed by atoms with E-state index in [1.807, 2.05) is 19.9 Å². The van der Waals surface area contributed by atoms with Crippen LogP contribution in [0.4, 0.5) is 5.69 Å². The molecule has 0 aliphatic carbocycles. The van der Waals surface area contributed by atoms with Crippen molar-refractivity contribution >= 4 is 34.8 Å². The monoisotopic (exact) mass is 360 g/mol. The SMILES string of the molecule is Cc1cc(C)n(-c2ccc(Cl)c(C(=O)Nc3cccc(Cl)c3)n2)n1. The molecular weight excluding hydrogens is 347 g/mol. The van der Waals surface area contributed by atoms with Crippen molar-refractivity contribution in [3.05, 3.63) is 69.6 Å². The lowest BCUT2D eigenvalue weighted by atomic mass is 10.3. The second kappa shape index (κ2) is 6.63. The molecule has 0 radical (unpaired) electrons. The molecule has 0 atom stereocenters. The second-order valence-electron chi connectivity index (χ2n) is 5.30. The highest BCUT2D eigenvalue weighted by atomic mass is 35.5. The molecule has 7 heteroatoms. The zero-order valence-electron chi connectivity index (χ0n) is 13.0. The van der Waals surface area contributed by atoms with Gasteiger partial charge < -0.3 is 5.32 Å². The van der Waals surface area contributed by atoms with Crippen LogP contribution in [0.25, 0.3) is 5.82 Å². The minimum Gasteiger partial charge on any atom is -0.321 e. The first kappa shape index (κ1) is 16.5. The molecule has 24 heavy (non-hydrogen) atoms.